The van der Waals surface area contributed by atoms with Crippen LogP contribution in [0.4, 0.5) is 0 Å². The number of aliphatic hydroxyl groups excluding tert-OH is 1. The van der Waals surface area contributed by atoms with Crippen LogP contribution in [0.2, 0.25) is 0 Å². The zero-order chi connectivity index (χ0) is 14.1. The Morgan fingerprint density at radius 1 is 1.21 bits per heavy atom. The minimum absolute atomic E-state index is 0.00839. The van der Waals surface area contributed by atoms with Crippen LogP contribution in [0.1, 0.15) is 52.9 Å². The fraction of sp³-hybridized carbons (Fsp3) is 1.00. The van der Waals surface area contributed by atoms with Gasteiger partial charge in [0.1, 0.15) is 0 Å². The summed E-state index contributed by atoms with van der Waals surface area (Å²) in [4.78, 5) is 2.68. The molecule has 0 bridgehead atoms. The highest BCUT2D eigenvalue weighted by Gasteiger charge is 2.41. The van der Waals surface area contributed by atoms with E-state index in [0.29, 0.717) is 11.5 Å². The molecule has 19 heavy (non-hydrogen) atoms. The first-order chi connectivity index (χ1) is 8.90. The largest absolute Gasteiger partial charge is 0.394 e. The molecule has 0 aromatic rings. The molecular weight excluding hydrogens is 236 g/mol. The number of nitrogens with zero attached hydrogens (tertiary/aromatic N) is 1. The number of likely N-dealkylation sites (N-methyl/N-ethyl adjacent to an activating group) is 1. The number of hydrogen-bond donors (Lipinski definition) is 2. The fourth-order valence-electron chi connectivity index (χ4n) is 3.99. The molecule has 2 aliphatic rings. The first kappa shape index (κ1) is 15.3. The van der Waals surface area contributed by atoms with E-state index in [-0.39, 0.29) is 12.1 Å². The number of aliphatic hydroxyl groups is 1. The molecule has 2 unspecified atom stereocenters. The van der Waals surface area contributed by atoms with Crippen molar-refractivity contribution >= 4 is 0 Å². The van der Waals surface area contributed by atoms with Crippen molar-refractivity contribution in [1.29, 1.82) is 0 Å². The maximum Gasteiger partial charge on any atom is 0.0613 e. The standard InChI is InChI=1S/C16H32N2O/c1-15(2,3)13-6-9-18(10-7-13)14-5-8-16(11-14,12-19)17-4/h13-14,17,19H,5-12H2,1-4H3. The zero-order valence-corrected chi connectivity index (χ0v) is 13.2. The molecule has 1 aliphatic heterocycles. The Morgan fingerprint density at radius 3 is 2.26 bits per heavy atom. The van der Waals surface area contributed by atoms with E-state index in [1.165, 1.54) is 32.4 Å². The van der Waals surface area contributed by atoms with Crippen LogP contribution in [0.25, 0.3) is 0 Å². The van der Waals surface area contributed by atoms with E-state index >= 15 is 0 Å². The highest BCUT2D eigenvalue weighted by atomic mass is 16.3. The van der Waals surface area contributed by atoms with Gasteiger partial charge < -0.3 is 15.3 Å². The molecule has 3 nitrogen and oxygen atoms in total. The van der Waals surface area contributed by atoms with E-state index in [9.17, 15) is 5.11 Å². The lowest BCUT2D eigenvalue weighted by atomic mass is 9.75. The molecule has 0 radical (unpaired) electrons. The molecule has 112 valence electrons. The minimum Gasteiger partial charge on any atom is -0.394 e. The molecule has 0 spiro atoms. The molecular formula is C16H32N2O. The zero-order valence-electron chi connectivity index (χ0n) is 13.2. The molecule has 0 amide bonds. The summed E-state index contributed by atoms with van der Waals surface area (Å²) in [6.45, 7) is 9.90. The minimum atomic E-state index is -0.00839. The van der Waals surface area contributed by atoms with Gasteiger partial charge in [-0.05, 0) is 63.6 Å². The molecule has 2 N–H and O–H groups in total. The van der Waals surface area contributed by atoms with Gasteiger partial charge in [-0.1, -0.05) is 20.8 Å². The maximum absolute atomic E-state index is 9.60. The van der Waals surface area contributed by atoms with E-state index in [1.54, 1.807) is 0 Å². The van der Waals surface area contributed by atoms with Crippen molar-refractivity contribution in [3.05, 3.63) is 0 Å². The van der Waals surface area contributed by atoms with Gasteiger partial charge in [0.25, 0.3) is 0 Å². The summed E-state index contributed by atoms with van der Waals surface area (Å²) in [5, 5.41) is 13.0. The molecule has 1 aliphatic carbocycles. The number of piperidine rings is 1. The van der Waals surface area contributed by atoms with Gasteiger partial charge in [-0.3, -0.25) is 0 Å². The number of nitrogens with one attached hydrogen (secondary N) is 1. The molecule has 1 heterocycles. The third-order valence-electron chi connectivity index (χ3n) is 5.69. The van der Waals surface area contributed by atoms with Crippen molar-refractivity contribution in [2.24, 2.45) is 11.3 Å². The smallest absolute Gasteiger partial charge is 0.0613 e. The van der Waals surface area contributed by atoms with E-state index in [4.69, 9.17) is 0 Å². The maximum atomic E-state index is 9.60. The van der Waals surface area contributed by atoms with Crippen LogP contribution in [-0.2, 0) is 0 Å². The van der Waals surface area contributed by atoms with Crippen LogP contribution >= 0.6 is 0 Å². The summed E-state index contributed by atoms with van der Waals surface area (Å²) in [6.07, 6.45) is 6.14. The SMILES string of the molecule is CNC1(CO)CCC(N2CCC(C(C)(C)C)CC2)C1. The van der Waals surface area contributed by atoms with Crippen molar-refractivity contribution in [1.82, 2.24) is 10.2 Å². The van der Waals surface area contributed by atoms with Gasteiger partial charge in [0.2, 0.25) is 0 Å². The van der Waals surface area contributed by atoms with Gasteiger partial charge in [-0.2, -0.15) is 0 Å². The van der Waals surface area contributed by atoms with Crippen LogP contribution in [-0.4, -0.2) is 48.3 Å². The van der Waals surface area contributed by atoms with Crippen molar-refractivity contribution in [2.75, 3.05) is 26.7 Å². The molecule has 0 aromatic carbocycles. The highest BCUT2D eigenvalue weighted by molar-refractivity contribution is 4.99. The first-order valence-corrected chi connectivity index (χ1v) is 7.94. The quantitative estimate of drug-likeness (QED) is 0.824. The van der Waals surface area contributed by atoms with Crippen LogP contribution in [0, 0.1) is 11.3 Å². The van der Waals surface area contributed by atoms with Gasteiger partial charge in [0.05, 0.1) is 6.61 Å². The predicted octanol–water partition coefficient (Wildman–Crippen LogP) is 2.25. The average Bonchev–Trinajstić information content (AvgIpc) is 2.83. The second-order valence-corrected chi connectivity index (χ2v) is 7.76. The fourth-order valence-corrected chi connectivity index (χ4v) is 3.99. The van der Waals surface area contributed by atoms with Crippen molar-refractivity contribution < 1.29 is 5.11 Å². The second kappa shape index (κ2) is 5.71. The van der Waals surface area contributed by atoms with Gasteiger partial charge in [0, 0.05) is 11.6 Å². The van der Waals surface area contributed by atoms with Crippen LogP contribution in [0.5, 0.6) is 0 Å². The molecule has 2 rings (SSSR count). The molecule has 0 aromatic heterocycles. The van der Waals surface area contributed by atoms with Gasteiger partial charge >= 0.3 is 0 Å². The Balaban J connectivity index is 1.86. The van der Waals surface area contributed by atoms with Crippen LogP contribution in [0.15, 0.2) is 0 Å². The Morgan fingerprint density at radius 2 is 1.84 bits per heavy atom. The van der Waals surface area contributed by atoms with Crippen molar-refractivity contribution in [2.45, 2.75) is 64.5 Å². The van der Waals surface area contributed by atoms with Gasteiger partial charge in [0.15, 0.2) is 0 Å². The van der Waals surface area contributed by atoms with Crippen molar-refractivity contribution in [3.63, 3.8) is 0 Å². The third-order valence-corrected chi connectivity index (χ3v) is 5.69. The lowest BCUT2D eigenvalue weighted by Gasteiger charge is -2.41. The van der Waals surface area contributed by atoms with E-state index in [0.717, 1.165) is 18.8 Å². The lowest BCUT2D eigenvalue weighted by molar-refractivity contribution is 0.0778. The highest BCUT2D eigenvalue weighted by Crippen LogP contribution is 2.38. The topological polar surface area (TPSA) is 35.5 Å². The summed E-state index contributed by atoms with van der Waals surface area (Å²) >= 11 is 0. The number of hydrogen-bond acceptors (Lipinski definition) is 3. The monoisotopic (exact) mass is 268 g/mol. The molecule has 2 atom stereocenters. The lowest BCUT2D eigenvalue weighted by Crippen LogP contribution is -2.47. The summed E-state index contributed by atoms with van der Waals surface area (Å²) in [5.74, 6) is 0.872. The van der Waals surface area contributed by atoms with E-state index < -0.39 is 0 Å². The van der Waals surface area contributed by atoms with Gasteiger partial charge in [-0.15, -0.1) is 0 Å². The predicted molar refractivity (Wildman–Crippen MR) is 80.3 cm³/mol. The molecule has 2 fully saturated rings. The summed E-state index contributed by atoms with van der Waals surface area (Å²) in [6, 6.07) is 0.681. The van der Waals surface area contributed by atoms with E-state index in [2.05, 4.69) is 31.0 Å². The Kier molecular flexibility index (Phi) is 4.59. The number of likely N-dealkylation sites (tertiary alicyclic amines) is 1. The van der Waals surface area contributed by atoms with Crippen molar-refractivity contribution in [3.8, 4) is 0 Å². The van der Waals surface area contributed by atoms with Crippen LogP contribution in [0.3, 0.4) is 0 Å². The summed E-state index contributed by atoms with van der Waals surface area (Å²) in [5.41, 5.74) is 0.452. The molecule has 1 saturated heterocycles. The van der Waals surface area contributed by atoms with E-state index in [1.807, 2.05) is 7.05 Å². The summed E-state index contributed by atoms with van der Waals surface area (Å²) < 4.78 is 0. The molecule has 1 saturated carbocycles. The second-order valence-electron chi connectivity index (χ2n) is 7.76. The van der Waals surface area contributed by atoms with Gasteiger partial charge in [-0.25, -0.2) is 0 Å². The molecule has 3 heteroatoms. The first-order valence-electron chi connectivity index (χ1n) is 7.94. The Bertz CT molecular complexity index is 286. The third kappa shape index (κ3) is 3.32. The Hall–Kier alpha value is -0.120. The normalized spacial score (nSPS) is 34.9. The van der Waals surface area contributed by atoms with Crippen LogP contribution < -0.4 is 5.32 Å². The Labute approximate surface area is 118 Å². The summed E-state index contributed by atoms with van der Waals surface area (Å²) in [7, 11) is 1.99. The average molecular weight is 268 g/mol. The number of rotatable bonds is 3.